The fourth-order valence-electron chi connectivity index (χ4n) is 4.73. The molecule has 1 fully saturated rings. The van der Waals surface area contributed by atoms with Gasteiger partial charge in [-0.1, -0.05) is 63.8 Å². The van der Waals surface area contributed by atoms with Gasteiger partial charge in [0.2, 0.25) is 0 Å². The van der Waals surface area contributed by atoms with Crippen molar-refractivity contribution in [3.8, 4) is 11.1 Å². The van der Waals surface area contributed by atoms with E-state index in [1.165, 1.54) is 37.8 Å². The Balaban J connectivity index is 1.98. The Bertz CT molecular complexity index is 838. The van der Waals surface area contributed by atoms with Crippen LogP contribution in [0.4, 0.5) is 8.78 Å². The van der Waals surface area contributed by atoms with Gasteiger partial charge in [0.05, 0.1) is 5.97 Å². The molecule has 28 heavy (non-hydrogen) atoms. The van der Waals surface area contributed by atoms with Gasteiger partial charge >= 0.3 is 0 Å². The van der Waals surface area contributed by atoms with E-state index < -0.39 is 17.6 Å². The molecule has 0 radical (unpaired) electrons. The van der Waals surface area contributed by atoms with E-state index in [-0.39, 0.29) is 11.5 Å². The summed E-state index contributed by atoms with van der Waals surface area (Å²) in [6.07, 6.45) is 7.09. The first kappa shape index (κ1) is 20.5. The predicted octanol–water partition coefficient (Wildman–Crippen LogP) is 5.71. The molecule has 150 valence electrons. The standard InChI is InChI=1S/C24H28F2O2/c1-3-5-16-8-10-17(11-9-16)15(2)19-6-4-7-20(24(27)28)23(19)18-12-13-21(25)22(26)14-18/h4,6-7,12-17H,3,5,8-11H2,1-2H3,(H,27,28)/p-1. The lowest BCUT2D eigenvalue weighted by molar-refractivity contribution is -0.254. The Kier molecular flexibility index (Phi) is 6.48. The second-order valence-corrected chi connectivity index (χ2v) is 8.04. The molecule has 3 rings (SSSR count). The van der Waals surface area contributed by atoms with E-state index in [0.717, 1.165) is 36.5 Å². The number of carbonyl (C=O) groups is 1. The summed E-state index contributed by atoms with van der Waals surface area (Å²) in [4.78, 5) is 11.7. The molecule has 2 nitrogen and oxygen atoms in total. The van der Waals surface area contributed by atoms with Crippen LogP contribution in [-0.2, 0) is 0 Å². The molecule has 0 aromatic heterocycles. The van der Waals surface area contributed by atoms with Crippen LogP contribution < -0.4 is 5.11 Å². The summed E-state index contributed by atoms with van der Waals surface area (Å²) in [7, 11) is 0. The van der Waals surface area contributed by atoms with Crippen molar-refractivity contribution >= 4 is 5.97 Å². The lowest BCUT2D eigenvalue weighted by Gasteiger charge is -2.33. The molecule has 0 saturated heterocycles. The highest BCUT2D eigenvalue weighted by Gasteiger charge is 2.28. The van der Waals surface area contributed by atoms with Crippen LogP contribution in [0.2, 0.25) is 0 Å². The highest BCUT2D eigenvalue weighted by atomic mass is 19.2. The van der Waals surface area contributed by atoms with Crippen LogP contribution in [0.3, 0.4) is 0 Å². The van der Waals surface area contributed by atoms with Crippen LogP contribution in [0.5, 0.6) is 0 Å². The van der Waals surface area contributed by atoms with Gasteiger partial charge in [0.1, 0.15) is 0 Å². The van der Waals surface area contributed by atoms with Crippen molar-refractivity contribution in [1.82, 2.24) is 0 Å². The van der Waals surface area contributed by atoms with Gasteiger partial charge in [0.15, 0.2) is 11.6 Å². The number of aromatic carboxylic acids is 1. The van der Waals surface area contributed by atoms with Crippen molar-refractivity contribution in [3.05, 3.63) is 59.2 Å². The summed E-state index contributed by atoms with van der Waals surface area (Å²) < 4.78 is 27.3. The minimum Gasteiger partial charge on any atom is -0.545 e. The van der Waals surface area contributed by atoms with E-state index in [1.807, 2.05) is 6.07 Å². The van der Waals surface area contributed by atoms with Gasteiger partial charge in [0, 0.05) is 5.56 Å². The summed E-state index contributed by atoms with van der Waals surface area (Å²) >= 11 is 0. The van der Waals surface area contributed by atoms with Gasteiger partial charge in [-0.3, -0.25) is 0 Å². The van der Waals surface area contributed by atoms with Crippen molar-refractivity contribution in [1.29, 1.82) is 0 Å². The molecule has 0 N–H and O–H groups in total. The topological polar surface area (TPSA) is 40.1 Å². The highest BCUT2D eigenvalue weighted by molar-refractivity contribution is 5.96. The first-order valence-electron chi connectivity index (χ1n) is 10.2. The van der Waals surface area contributed by atoms with E-state index >= 15 is 0 Å². The van der Waals surface area contributed by atoms with Crippen LogP contribution in [-0.4, -0.2) is 5.97 Å². The molecule has 2 aromatic rings. The van der Waals surface area contributed by atoms with Crippen molar-refractivity contribution < 1.29 is 18.7 Å². The Labute approximate surface area is 165 Å². The average Bonchev–Trinajstić information content (AvgIpc) is 2.70. The fraction of sp³-hybridized carbons (Fsp3) is 0.458. The quantitative estimate of drug-likeness (QED) is 0.639. The zero-order valence-electron chi connectivity index (χ0n) is 16.5. The summed E-state index contributed by atoms with van der Waals surface area (Å²) in [5, 5.41) is 11.7. The Morgan fingerprint density at radius 3 is 2.43 bits per heavy atom. The van der Waals surface area contributed by atoms with Crippen molar-refractivity contribution in [2.24, 2.45) is 11.8 Å². The van der Waals surface area contributed by atoms with Crippen LogP contribution in [0, 0.1) is 23.5 Å². The number of carbonyl (C=O) groups excluding carboxylic acids is 1. The largest absolute Gasteiger partial charge is 0.545 e. The molecule has 0 aliphatic heterocycles. The van der Waals surface area contributed by atoms with E-state index in [9.17, 15) is 18.7 Å². The Hall–Kier alpha value is -2.23. The smallest absolute Gasteiger partial charge is 0.159 e. The molecule has 1 saturated carbocycles. The monoisotopic (exact) mass is 385 g/mol. The third-order valence-electron chi connectivity index (χ3n) is 6.31. The van der Waals surface area contributed by atoms with E-state index in [2.05, 4.69) is 13.8 Å². The number of hydrogen-bond acceptors (Lipinski definition) is 2. The maximum Gasteiger partial charge on any atom is 0.159 e. The number of carboxylic acid groups (broad SMARTS) is 1. The fourth-order valence-corrected chi connectivity index (χ4v) is 4.73. The van der Waals surface area contributed by atoms with Crippen molar-refractivity contribution in [2.45, 2.75) is 58.3 Å². The van der Waals surface area contributed by atoms with E-state index in [1.54, 1.807) is 6.07 Å². The highest BCUT2D eigenvalue weighted by Crippen LogP contribution is 2.43. The lowest BCUT2D eigenvalue weighted by atomic mass is 9.72. The van der Waals surface area contributed by atoms with Gasteiger partial charge in [-0.2, -0.15) is 0 Å². The summed E-state index contributed by atoms with van der Waals surface area (Å²) in [5.74, 6) is -1.86. The SMILES string of the molecule is CCCC1CCC(C(C)c2cccc(C(=O)[O-])c2-c2ccc(F)c(F)c2)CC1. The first-order valence-corrected chi connectivity index (χ1v) is 10.2. The number of benzene rings is 2. The molecule has 0 spiro atoms. The Morgan fingerprint density at radius 1 is 1.11 bits per heavy atom. The van der Waals surface area contributed by atoms with Crippen molar-refractivity contribution in [3.63, 3.8) is 0 Å². The van der Waals surface area contributed by atoms with Crippen molar-refractivity contribution in [2.75, 3.05) is 0 Å². The molecular formula is C24H27F2O2-. The lowest BCUT2D eigenvalue weighted by Crippen LogP contribution is -2.24. The molecule has 0 amide bonds. The maximum absolute atomic E-state index is 13.9. The molecule has 1 aliphatic rings. The minimum absolute atomic E-state index is 0.0232. The summed E-state index contributed by atoms with van der Waals surface area (Å²) in [6, 6.07) is 8.65. The van der Waals surface area contributed by atoms with Gasteiger partial charge < -0.3 is 9.90 Å². The molecular weight excluding hydrogens is 358 g/mol. The third-order valence-corrected chi connectivity index (χ3v) is 6.31. The zero-order valence-corrected chi connectivity index (χ0v) is 16.5. The maximum atomic E-state index is 13.9. The van der Waals surface area contributed by atoms with Crippen LogP contribution in [0.25, 0.3) is 11.1 Å². The molecule has 2 aromatic carbocycles. The van der Waals surface area contributed by atoms with E-state index in [0.29, 0.717) is 17.0 Å². The molecule has 0 bridgehead atoms. The van der Waals surface area contributed by atoms with E-state index in [4.69, 9.17) is 0 Å². The summed E-state index contributed by atoms with van der Waals surface area (Å²) in [5.41, 5.74) is 1.71. The second kappa shape index (κ2) is 8.85. The normalized spacial score (nSPS) is 20.7. The second-order valence-electron chi connectivity index (χ2n) is 8.04. The first-order chi connectivity index (χ1) is 13.4. The predicted molar refractivity (Wildman–Crippen MR) is 105 cm³/mol. The molecule has 0 heterocycles. The van der Waals surface area contributed by atoms with Crippen LogP contribution in [0.1, 0.15) is 74.2 Å². The molecule has 1 unspecified atom stereocenters. The number of hydrogen-bond donors (Lipinski definition) is 0. The summed E-state index contributed by atoms with van der Waals surface area (Å²) in [6.45, 7) is 4.33. The van der Waals surface area contributed by atoms with Crippen LogP contribution in [0.15, 0.2) is 36.4 Å². The Morgan fingerprint density at radius 2 is 1.82 bits per heavy atom. The molecule has 1 atom stereocenters. The molecule has 4 heteroatoms. The molecule has 1 aliphatic carbocycles. The number of rotatable bonds is 6. The van der Waals surface area contributed by atoms with Crippen LogP contribution >= 0.6 is 0 Å². The average molecular weight is 385 g/mol. The van der Waals surface area contributed by atoms with Gasteiger partial charge in [-0.25, -0.2) is 8.78 Å². The minimum atomic E-state index is -1.31. The number of carboxylic acids is 1. The number of halogens is 2. The van der Waals surface area contributed by atoms with Gasteiger partial charge in [-0.15, -0.1) is 0 Å². The third kappa shape index (κ3) is 4.26. The zero-order chi connectivity index (χ0) is 20.3. The van der Waals surface area contributed by atoms with Gasteiger partial charge in [0.25, 0.3) is 0 Å². The van der Waals surface area contributed by atoms with Gasteiger partial charge in [-0.05, 0) is 59.4 Å².